The van der Waals surface area contributed by atoms with Crippen LogP contribution in [0.2, 0.25) is 0 Å². The molecular formula is C13H18F2N2O2S. The summed E-state index contributed by atoms with van der Waals surface area (Å²) < 4.78 is 50.3. The fourth-order valence-corrected chi connectivity index (χ4v) is 3.31. The lowest BCUT2D eigenvalue weighted by molar-refractivity contribution is 0.277. The van der Waals surface area contributed by atoms with Gasteiger partial charge in [-0.3, -0.25) is 0 Å². The van der Waals surface area contributed by atoms with E-state index in [1.165, 1.54) is 16.6 Å². The molecule has 4 nitrogen and oxygen atoms in total. The molecule has 1 aromatic rings. The van der Waals surface area contributed by atoms with Crippen molar-refractivity contribution in [3.8, 4) is 0 Å². The summed E-state index contributed by atoms with van der Waals surface area (Å²) in [6, 6.07) is 3.64. The molecule has 0 spiro atoms. The van der Waals surface area contributed by atoms with Crippen molar-refractivity contribution in [1.82, 2.24) is 4.31 Å². The largest absolute Gasteiger partial charge is 0.385 e. The molecule has 112 valence electrons. The number of halogens is 2. The second-order valence-electron chi connectivity index (χ2n) is 5.14. The van der Waals surface area contributed by atoms with Crippen molar-refractivity contribution < 1.29 is 17.2 Å². The molecule has 1 N–H and O–H groups in total. The first-order chi connectivity index (χ1) is 9.36. The van der Waals surface area contributed by atoms with Gasteiger partial charge in [-0.1, -0.05) is 0 Å². The quantitative estimate of drug-likeness (QED) is 0.926. The van der Waals surface area contributed by atoms with Gasteiger partial charge in [0.2, 0.25) is 10.0 Å². The number of benzene rings is 1. The summed E-state index contributed by atoms with van der Waals surface area (Å²) >= 11 is 0. The van der Waals surface area contributed by atoms with Crippen LogP contribution in [0, 0.1) is 17.6 Å². The van der Waals surface area contributed by atoms with E-state index in [-0.39, 0.29) is 5.92 Å². The molecule has 1 unspecified atom stereocenters. The van der Waals surface area contributed by atoms with Crippen molar-refractivity contribution in [3.05, 3.63) is 29.8 Å². The van der Waals surface area contributed by atoms with E-state index in [2.05, 4.69) is 5.32 Å². The number of sulfonamides is 1. The Morgan fingerprint density at radius 2 is 2.10 bits per heavy atom. The molecule has 1 aromatic carbocycles. The van der Waals surface area contributed by atoms with Crippen LogP contribution >= 0.6 is 0 Å². The molecule has 0 radical (unpaired) electrons. The molecule has 1 heterocycles. The third kappa shape index (κ3) is 3.89. The number of hydrogen-bond donors (Lipinski definition) is 1. The predicted molar refractivity (Wildman–Crippen MR) is 74.0 cm³/mol. The van der Waals surface area contributed by atoms with Gasteiger partial charge >= 0.3 is 0 Å². The molecule has 20 heavy (non-hydrogen) atoms. The van der Waals surface area contributed by atoms with Gasteiger partial charge in [0, 0.05) is 25.3 Å². The fourth-order valence-electron chi connectivity index (χ4n) is 2.36. The van der Waals surface area contributed by atoms with E-state index in [1.54, 1.807) is 0 Å². The highest BCUT2D eigenvalue weighted by Gasteiger charge is 2.25. The third-order valence-corrected chi connectivity index (χ3v) is 4.73. The van der Waals surface area contributed by atoms with Crippen molar-refractivity contribution in [1.29, 1.82) is 0 Å². The summed E-state index contributed by atoms with van der Waals surface area (Å²) in [6.07, 6.45) is 2.94. The summed E-state index contributed by atoms with van der Waals surface area (Å²) in [6.45, 7) is 1.56. The van der Waals surface area contributed by atoms with Gasteiger partial charge in [-0.2, -0.15) is 0 Å². The Balaban J connectivity index is 1.92. The zero-order valence-corrected chi connectivity index (χ0v) is 12.1. The Labute approximate surface area is 117 Å². The van der Waals surface area contributed by atoms with Gasteiger partial charge < -0.3 is 5.32 Å². The lowest BCUT2D eigenvalue weighted by atomic mass is 9.99. The van der Waals surface area contributed by atoms with E-state index in [9.17, 15) is 17.2 Å². The molecule has 1 atom stereocenters. The molecule has 1 aliphatic rings. The molecular weight excluding hydrogens is 286 g/mol. The first-order valence-corrected chi connectivity index (χ1v) is 8.35. The average molecular weight is 304 g/mol. The monoisotopic (exact) mass is 304 g/mol. The Bertz CT molecular complexity index is 578. The summed E-state index contributed by atoms with van der Waals surface area (Å²) in [5.74, 6) is -1.60. The maximum absolute atomic E-state index is 13.1. The average Bonchev–Trinajstić information content (AvgIpc) is 2.39. The van der Waals surface area contributed by atoms with E-state index < -0.39 is 21.7 Å². The van der Waals surface area contributed by atoms with Crippen LogP contribution in [-0.4, -0.2) is 38.6 Å². The zero-order chi connectivity index (χ0) is 14.8. The van der Waals surface area contributed by atoms with E-state index in [4.69, 9.17) is 0 Å². The number of piperidine rings is 1. The lowest BCUT2D eigenvalue weighted by Gasteiger charge is -2.31. The molecule has 1 fully saturated rings. The van der Waals surface area contributed by atoms with Gasteiger partial charge in [0.05, 0.1) is 6.26 Å². The highest BCUT2D eigenvalue weighted by Crippen LogP contribution is 2.20. The number of nitrogens with zero attached hydrogens (tertiary/aromatic N) is 1. The fraction of sp³-hybridized carbons (Fsp3) is 0.538. The number of rotatable bonds is 4. The Morgan fingerprint density at radius 3 is 2.75 bits per heavy atom. The van der Waals surface area contributed by atoms with E-state index >= 15 is 0 Å². The van der Waals surface area contributed by atoms with Crippen molar-refractivity contribution in [2.45, 2.75) is 12.8 Å². The van der Waals surface area contributed by atoms with Gasteiger partial charge in [0.25, 0.3) is 0 Å². The SMILES string of the molecule is CS(=O)(=O)N1CCCC(CNc2ccc(F)c(F)c2)C1. The highest BCUT2D eigenvalue weighted by molar-refractivity contribution is 7.88. The first kappa shape index (κ1) is 15.2. The Hall–Kier alpha value is -1.21. The summed E-state index contributed by atoms with van der Waals surface area (Å²) in [7, 11) is -3.16. The van der Waals surface area contributed by atoms with Crippen LogP contribution < -0.4 is 5.32 Å². The van der Waals surface area contributed by atoms with Crippen molar-refractivity contribution in [2.75, 3.05) is 31.2 Å². The smallest absolute Gasteiger partial charge is 0.211 e. The van der Waals surface area contributed by atoms with Crippen LogP contribution in [0.4, 0.5) is 14.5 Å². The first-order valence-electron chi connectivity index (χ1n) is 6.50. The van der Waals surface area contributed by atoms with E-state index in [1.807, 2.05) is 0 Å². The molecule has 2 rings (SSSR count). The lowest BCUT2D eigenvalue weighted by Crippen LogP contribution is -2.41. The minimum atomic E-state index is -3.16. The molecule has 1 saturated heterocycles. The minimum absolute atomic E-state index is 0.173. The maximum Gasteiger partial charge on any atom is 0.211 e. The van der Waals surface area contributed by atoms with E-state index in [0.29, 0.717) is 25.3 Å². The molecule has 0 amide bonds. The van der Waals surface area contributed by atoms with Crippen molar-refractivity contribution in [3.63, 3.8) is 0 Å². The van der Waals surface area contributed by atoms with Crippen LogP contribution in [0.3, 0.4) is 0 Å². The van der Waals surface area contributed by atoms with Gasteiger partial charge in [-0.25, -0.2) is 21.5 Å². The normalized spacial score (nSPS) is 20.9. The van der Waals surface area contributed by atoms with Crippen LogP contribution in [0.25, 0.3) is 0 Å². The minimum Gasteiger partial charge on any atom is -0.385 e. The molecule has 0 aromatic heterocycles. The van der Waals surface area contributed by atoms with E-state index in [0.717, 1.165) is 25.0 Å². The van der Waals surface area contributed by atoms with Crippen LogP contribution in [0.5, 0.6) is 0 Å². The Kier molecular flexibility index (Phi) is 4.59. The molecule has 7 heteroatoms. The van der Waals surface area contributed by atoms with Crippen LogP contribution in [-0.2, 0) is 10.0 Å². The van der Waals surface area contributed by atoms with Crippen molar-refractivity contribution >= 4 is 15.7 Å². The van der Waals surface area contributed by atoms with Gasteiger partial charge in [0.1, 0.15) is 0 Å². The number of hydrogen-bond acceptors (Lipinski definition) is 3. The van der Waals surface area contributed by atoms with Gasteiger partial charge in [-0.05, 0) is 37.0 Å². The third-order valence-electron chi connectivity index (χ3n) is 3.47. The van der Waals surface area contributed by atoms with Gasteiger partial charge in [0.15, 0.2) is 11.6 Å². The second kappa shape index (κ2) is 6.05. The summed E-state index contributed by atoms with van der Waals surface area (Å²) in [4.78, 5) is 0. The molecule has 0 aliphatic carbocycles. The molecule has 1 aliphatic heterocycles. The standard InChI is InChI=1S/C13H18F2N2O2S/c1-20(18,19)17-6-2-3-10(9-17)8-16-11-4-5-12(14)13(15)7-11/h4-5,7,10,16H,2-3,6,8-9H2,1H3. The van der Waals surface area contributed by atoms with Crippen LogP contribution in [0.1, 0.15) is 12.8 Å². The molecule has 0 saturated carbocycles. The maximum atomic E-state index is 13.1. The van der Waals surface area contributed by atoms with Crippen LogP contribution in [0.15, 0.2) is 18.2 Å². The topological polar surface area (TPSA) is 49.4 Å². The molecule has 0 bridgehead atoms. The highest BCUT2D eigenvalue weighted by atomic mass is 32.2. The Morgan fingerprint density at radius 1 is 1.35 bits per heavy atom. The van der Waals surface area contributed by atoms with Crippen molar-refractivity contribution in [2.24, 2.45) is 5.92 Å². The second-order valence-corrected chi connectivity index (χ2v) is 7.12. The number of nitrogens with one attached hydrogen (secondary N) is 1. The predicted octanol–water partition coefficient (Wildman–Crippen LogP) is 2.05. The zero-order valence-electron chi connectivity index (χ0n) is 11.3. The number of anilines is 1. The van der Waals surface area contributed by atoms with Gasteiger partial charge in [-0.15, -0.1) is 0 Å². The summed E-state index contributed by atoms with van der Waals surface area (Å²) in [5, 5.41) is 3.03. The summed E-state index contributed by atoms with van der Waals surface area (Å²) in [5.41, 5.74) is 0.500.